The number of halogens is 2. The number of methoxy groups -OCH3 is 2. The highest BCUT2D eigenvalue weighted by atomic mass is 19.1. The number of aryl methyl sites for hydroxylation is 1. The first-order chi connectivity index (χ1) is 15.2. The van der Waals surface area contributed by atoms with E-state index >= 15 is 0 Å². The van der Waals surface area contributed by atoms with Gasteiger partial charge in [0, 0.05) is 25.1 Å². The molecule has 172 valence electrons. The average molecular weight is 446 g/mol. The molecule has 1 aliphatic rings. The Balaban J connectivity index is 1.60. The number of carbonyl (C=O) groups excluding carboxylic acids is 2. The van der Waals surface area contributed by atoms with Gasteiger partial charge in [-0.2, -0.15) is 0 Å². The molecule has 0 bridgehead atoms. The van der Waals surface area contributed by atoms with E-state index in [0.717, 1.165) is 23.3 Å². The highest BCUT2D eigenvalue weighted by molar-refractivity contribution is 5.94. The molecule has 0 aromatic heterocycles. The first-order valence-corrected chi connectivity index (χ1v) is 10.5. The standard InChI is InChI=1S/C24H28F2N2O4/c1-14-11-21(31-3)22(32-4)13-19(14)15(2)27-23(29)16-7-9-28(10-8-16)24(30)18-6-5-17(25)12-20(18)26/h5-6,11-13,15-16H,7-10H2,1-4H3,(H,27,29). The summed E-state index contributed by atoms with van der Waals surface area (Å²) >= 11 is 0. The lowest BCUT2D eigenvalue weighted by Gasteiger charge is -2.32. The third-order valence-corrected chi connectivity index (χ3v) is 5.91. The van der Waals surface area contributed by atoms with Gasteiger partial charge in [-0.3, -0.25) is 9.59 Å². The smallest absolute Gasteiger partial charge is 0.256 e. The number of hydrogen-bond acceptors (Lipinski definition) is 4. The van der Waals surface area contributed by atoms with Crippen molar-refractivity contribution in [2.45, 2.75) is 32.7 Å². The summed E-state index contributed by atoms with van der Waals surface area (Å²) in [5.41, 5.74) is 1.74. The fraction of sp³-hybridized carbons (Fsp3) is 0.417. The van der Waals surface area contributed by atoms with Gasteiger partial charge < -0.3 is 19.7 Å². The maximum Gasteiger partial charge on any atom is 0.256 e. The van der Waals surface area contributed by atoms with Crippen molar-refractivity contribution >= 4 is 11.8 Å². The van der Waals surface area contributed by atoms with E-state index in [9.17, 15) is 18.4 Å². The summed E-state index contributed by atoms with van der Waals surface area (Å²) in [7, 11) is 3.14. The zero-order chi connectivity index (χ0) is 23.4. The Bertz CT molecular complexity index is 1000. The van der Waals surface area contributed by atoms with Crippen molar-refractivity contribution in [1.29, 1.82) is 0 Å². The van der Waals surface area contributed by atoms with Crippen LogP contribution in [0.4, 0.5) is 8.78 Å². The number of nitrogens with one attached hydrogen (secondary N) is 1. The van der Waals surface area contributed by atoms with Gasteiger partial charge in [0.25, 0.3) is 5.91 Å². The molecule has 3 rings (SSSR count). The molecule has 1 fully saturated rings. The van der Waals surface area contributed by atoms with Gasteiger partial charge in [0.05, 0.1) is 25.8 Å². The van der Waals surface area contributed by atoms with E-state index in [2.05, 4.69) is 5.32 Å². The number of amides is 2. The monoisotopic (exact) mass is 446 g/mol. The summed E-state index contributed by atoms with van der Waals surface area (Å²) in [6.45, 7) is 4.51. The minimum absolute atomic E-state index is 0.0910. The zero-order valence-corrected chi connectivity index (χ0v) is 18.7. The molecule has 2 amide bonds. The number of rotatable bonds is 6. The predicted octanol–water partition coefficient (Wildman–Crippen LogP) is 4.02. The summed E-state index contributed by atoms with van der Waals surface area (Å²) in [6, 6.07) is 6.40. The minimum atomic E-state index is -0.881. The van der Waals surface area contributed by atoms with Crippen LogP contribution < -0.4 is 14.8 Å². The third kappa shape index (κ3) is 5.00. The molecule has 1 saturated heterocycles. The molecule has 1 atom stereocenters. The quantitative estimate of drug-likeness (QED) is 0.728. The summed E-state index contributed by atoms with van der Waals surface area (Å²) in [5.74, 6) is -1.22. The summed E-state index contributed by atoms with van der Waals surface area (Å²) in [5, 5.41) is 3.05. The Kier molecular flexibility index (Phi) is 7.33. The second kappa shape index (κ2) is 9.97. The lowest BCUT2D eigenvalue weighted by atomic mass is 9.94. The van der Waals surface area contributed by atoms with Crippen LogP contribution in [0.5, 0.6) is 11.5 Å². The molecule has 6 nitrogen and oxygen atoms in total. The second-order valence-electron chi connectivity index (χ2n) is 7.98. The molecule has 1 N–H and O–H groups in total. The number of benzene rings is 2. The van der Waals surface area contributed by atoms with E-state index < -0.39 is 17.5 Å². The molecular weight excluding hydrogens is 418 g/mol. The highest BCUT2D eigenvalue weighted by Gasteiger charge is 2.30. The second-order valence-corrected chi connectivity index (χ2v) is 7.98. The van der Waals surface area contributed by atoms with E-state index in [1.807, 2.05) is 26.0 Å². The number of likely N-dealkylation sites (tertiary alicyclic amines) is 1. The summed E-state index contributed by atoms with van der Waals surface area (Å²) in [6.07, 6.45) is 0.941. The van der Waals surface area contributed by atoms with E-state index in [0.29, 0.717) is 43.5 Å². The van der Waals surface area contributed by atoms with E-state index in [-0.39, 0.29) is 23.4 Å². The van der Waals surface area contributed by atoms with Crippen molar-refractivity contribution in [2.75, 3.05) is 27.3 Å². The SMILES string of the molecule is COc1cc(C)c(C(C)NC(=O)C2CCN(C(=O)c3ccc(F)cc3F)CC2)cc1OC. The lowest BCUT2D eigenvalue weighted by Crippen LogP contribution is -2.43. The molecule has 32 heavy (non-hydrogen) atoms. The Morgan fingerprint density at radius 2 is 1.69 bits per heavy atom. The number of ether oxygens (including phenoxy) is 2. The van der Waals surface area contributed by atoms with Crippen LogP contribution in [-0.2, 0) is 4.79 Å². The van der Waals surface area contributed by atoms with Crippen molar-refractivity contribution in [3.05, 3.63) is 58.7 Å². The number of piperidine rings is 1. The van der Waals surface area contributed by atoms with Gasteiger partial charge >= 0.3 is 0 Å². The third-order valence-electron chi connectivity index (χ3n) is 5.91. The molecule has 2 aromatic carbocycles. The zero-order valence-electron chi connectivity index (χ0n) is 18.7. The van der Waals surface area contributed by atoms with Gasteiger partial charge in [0.15, 0.2) is 11.5 Å². The van der Waals surface area contributed by atoms with Crippen LogP contribution >= 0.6 is 0 Å². The van der Waals surface area contributed by atoms with E-state index in [1.165, 1.54) is 4.90 Å². The molecule has 1 aliphatic heterocycles. The normalized spacial score (nSPS) is 15.2. The Hall–Kier alpha value is -3.16. The minimum Gasteiger partial charge on any atom is -0.493 e. The fourth-order valence-electron chi connectivity index (χ4n) is 4.05. The first kappa shape index (κ1) is 23.5. The molecule has 2 aromatic rings. The van der Waals surface area contributed by atoms with Gasteiger partial charge in [0.2, 0.25) is 5.91 Å². The predicted molar refractivity (Wildman–Crippen MR) is 116 cm³/mol. The Morgan fingerprint density at radius 1 is 1.06 bits per heavy atom. The molecule has 0 saturated carbocycles. The molecule has 1 heterocycles. The van der Waals surface area contributed by atoms with Gasteiger partial charge in [-0.15, -0.1) is 0 Å². The Labute approximate surface area is 186 Å². The van der Waals surface area contributed by atoms with Crippen LogP contribution in [0.1, 0.15) is 47.3 Å². The average Bonchev–Trinajstić information content (AvgIpc) is 2.78. The number of hydrogen-bond donors (Lipinski definition) is 1. The van der Waals surface area contributed by atoms with Gasteiger partial charge in [-0.05, 0) is 62.1 Å². The van der Waals surface area contributed by atoms with Crippen LogP contribution in [0.25, 0.3) is 0 Å². The van der Waals surface area contributed by atoms with E-state index in [1.54, 1.807) is 14.2 Å². The molecule has 0 spiro atoms. The van der Waals surface area contributed by atoms with Gasteiger partial charge in [-0.25, -0.2) is 8.78 Å². The highest BCUT2D eigenvalue weighted by Crippen LogP contribution is 2.33. The Morgan fingerprint density at radius 3 is 2.28 bits per heavy atom. The molecular formula is C24H28F2N2O4. The number of nitrogens with zero attached hydrogens (tertiary/aromatic N) is 1. The van der Waals surface area contributed by atoms with Crippen LogP contribution in [0.2, 0.25) is 0 Å². The van der Waals surface area contributed by atoms with Crippen LogP contribution in [0.15, 0.2) is 30.3 Å². The molecule has 8 heteroatoms. The van der Waals surface area contributed by atoms with Crippen molar-refractivity contribution < 1.29 is 27.8 Å². The summed E-state index contributed by atoms with van der Waals surface area (Å²) in [4.78, 5) is 26.9. The van der Waals surface area contributed by atoms with Crippen molar-refractivity contribution in [1.82, 2.24) is 10.2 Å². The molecule has 0 aliphatic carbocycles. The van der Waals surface area contributed by atoms with Crippen molar-refractivity contribution in [2.24, 2.45) is 5.92 Å². The maximum absolute atomic E-state index is 13.9. The molecule has 1 unspecified atom stereocenters. The summed E-state index contributed by atoms with van der Waals surface area (Å²) < 4.78 is 37.7. The van der Waals surface area contributed by atoms with Crippen molar-refractivity contribution in [3.8, 4) is 11.5 Å². The van der Waals surface area contributed by atoms with Crippen molar-refractivity contribution in [3.63, 3.8) is 0 Å². The fourth-order valence-corrected chi connectivity index (χ4v) is 4.05. The van der Waals surface area contributed by atoms with Crippen LogP contribution in [0, 0.1) is 24.5 Å². The first-order valence-electron chi connectivity index (χ1n) is 10.5. The number of carbonyl (C=O) groups is 2. The largest absolute Gasteiger partial charge is 0.493 e. The van der Waals surface area contributed by atoms with Gasteiger partial charge in [-0.1, -0.05) is 0 Å². The van der Waals surface area contributed by atoms with Crippen LogP contribution in [0.3, 0.4) is 0 Å². The maximum atomic E-state index is 13.9. The topological polar surface area (TPSA) is 67.9 Å². The van der Waals surface area contributed by atoms with Crippen LogP contribution in [-0.4, -0.2) is 44.0 Å². The van der Waals surface area contributed by atoms with Gasteiger partial charge in [0.1, 0.15) is 11.6 Å². The molecule has 0 radical (unpaired) electrons. The van der Waals surface area contributed by atoms with E-state index in [4.69, 9.17) is 9.47 Å². The lowest BCUT2D eigenvalue weighted by molar-refractivity contribution is -0.127.